The Morgan fingerprint density at radius 1 is 1.88 bits per heavy atom. The Morgan fingerprint density at radius 2 is 2.25 bits per heavy atom. The van der Waals surface area contributed by atoms with E-state index in [0.29, 0.717) is 11.5 Å². The molecule has 0 aliphatic rings. The Bertz CT molecular complexity index is 74.8. The van der Waals surface area contributed by atoms with Crippen LogP contribution in [0.2, 0.25) is 0 Å². The molecule has 0 radical (unpaired) electrons. The van der Waals surface area contributed by atoms with Gasteiger partial charge >= 0.3 is 0 Å². The highest BCUT2D eigenvalue weighted by Gasteiger charge is 1.99. The molecule has 0 aromatic rings. The molecule has 0 amide bonds. The fourth-order valence-corrected chi connectivity index (χ4v) is 0.376. The minimum atomic E-state index is -0.526. The number of aliphatic hydroxyl groups excluding tert-OH is 1. The van der Waals surface area contributed by atoms with Crippen LogP contribution in [0.4, 0.5) is 0 Å². The van der Waals surface area contributed by atoms with Gasteiger partial charge in [-0.1, -0.05) is 25.1 Å². The van der Waals surface area contributed by atoms with E-state index < -0.39 is 6.10 Å². The number of hydrogen-bond acceptors (Lipinski definition) is 2. The molecule has 0 rings (SSSR count). The van der Waals surface area contributed by atoms with E-state index in [1.54, 1.807) is 0 Å². The zero-order valence-corrected chi connectivity index (χ0v) is 5.78. The molecule has 0 saturated carbocycles. The van der Waals surface area contributed by atoms with E-state index in [9.17, 15) is 0 Å². The molecule has 0 aliphatic carbocycles. The predicted molar refractivity (Wildman–Crippen MR) is 36.3 cm³/mol. The van der Waals surface area contributed by atoms with Gasteiger partial charge in [-0.05, 0) is 6.42 Å². The standard InChI is InChI=1S/C5H9ClO.H3N/c1-3-5(7)4(2)6;/h5,7H,2-3H2,1H3;1H3. The van der Waals surface area contributed by atoms with Gasteiger partial charge in [0.1, 0.15) is 0 Å². The molecule has 2 nitrogen and oxygen atoms in total. The largest absolute Gasteiger partial charge is 0.388 e. The van der Waals surface area contributed by atoms with Crippen molar-refractivity contribution in [1.82, 2.24) is 6.15 Å². The first-order valence-corrected chi connectivity index (χ1v) is 2.58. The van der Waals surface area contributed by atoms with Gasteiger partial charge in [-0.25, -0.2) is 0 Å². The molecule has 0 aromatic carbocycles. The third kappa shape index (κ3) is 4.12. The van der Waals surface area contributed by atoms with Crippen LogP contribution in [-0.2, 0) is 0 Å². The summed E-state index contributed by atoms with van der Waals surface area (Å²) in [6.45, 7) is 5.19. The van der Waals surface area contributed by atoms with E-state index in [-0.39, 0.29) is 6.15 Å². The predicted octanol–water partition coefficient (Wildman–Crippen LogP) is 1.67. The van der Waals surface area contributed by atoms with Gasteiger partial charge in [0.25, 0.3) is 0 Å². The maximum absolute atomic E-state index is 8.70. The lowest BCUT2D eigenvalue weighted by molar-refractivity contribution is 0.215. The summed E-state index contributed by atoms with van der Waals surface area (Å²) >= 11 is 5.28. The summed E-state index contributed by atoms with van der Waals surface area (Å²) in [7, 11) is 0. The average Bonchev–Trinajstić information content (AvgIpc) is 1.65. The number of rotatable bonds is 2. The van der Waals surface area contributed by atoms with Gasteiger partial charge < -0.3 is 11.3 Å². The van der Waals surface area contributed by atoms with Gasteiger partial charge in [0.05, 0.1) is 6.10 Å². The van der Waals surface area contributed by atoms with Gasteiger partial charge in [0.2, 0.25) is 0 Å². The van der Waals surface area contributed by atoms with Crippen molar-refractivity contribution in [2.45, 2.75) is 19.4 Å². The van der Waals surface area contributed by atoms with Crippen LogP contribution in [0.1, 0.15) is 13.3 Å². The molecule has 0 bridgehead atoms. The van der Waals surface area contributed by atoms with Crippen LogP contribution in [0.5, 0.6) is 0 Å². The molecule has 0 aliphatic heterocycles. The summed E-state index contributed by atoms with van der Waals surface area (Å²) < 4.78 is 0. The van der Waals surface area contributed by atoms with Gasteiger partial charge in [-0.3, -0.25) is 0 Å². The van der Waals surface area contributed by atoms with Crippen molar-refractivity contribution < 1.29 is 5.11 Å². The quantitative estimate of drug-likeness (QED) is 0.609. The molecule has 50 valence electrons. The van der Waals surface area contributed by atoms with E-state index in [2.05, 4.69) is 6.58 Å². The highest BCUT2D eigenvalue weighted by atomic mass is 35.5. The number of hydrogen-bond donors (Lipinski definition) is 2. The molecule has 0 fully saturated rings. The first kappa shape index (κ1) is 10.8. The Labute approximate surface area is 54.7 Å². The second kappa shape index (κ2) is 5.09. The molecule has 0 aromatic heterocycles. The number of aliphatic hydroxyl groups is 1. The van der Waals surface area contributed by atoms with E-state index in [1.807, 2.05) is 6.92 Å². The van der Waals surface area contributed by atoms with Crippen LogP contribution in [0.15, 0.2) is 11.6 Å². The maximum atomic E-state index is 8.70. The SMILES string of the molecule is C=C(Cl)C(O)CC.N. The molecular weight excluding hydrogens is 126 g/mol. The smallest absolute Gasteiger partial charge is 0.0887 e. The van der Waals surface area contributed by atoms with Crippen LogP contribution in [0, 0.1) is 0 Å². The summed E-state index contributed by atoms with van der Waals surface area (Å²) in [5.74, 6) is 0. The van der Waals surface area contributed by atoms with Gasteiger partial charge in [0, 0.05) is 5.03 Å². The average molecular weight is 138 g/mol. The minimum Gasteiger partial charge on any atom is -0.388 e. The van der Waals surface area contributed by atoms with Crippen molar-refractivity contribution in [3.8, 4) is 0 Å². The number of halogens is 1. The zero-order chi connectivity index (χ0) is 5.86. The lowest BCUT2D eigenvalue weighted by Crippen LogP contribution is -2.01. The van der Waals surface area contributed by atoms with Gasteiger partial charge in [0.15, 0.2) is 0 Å². The normalized spacial score (nSPS) is 11.9. The van der Waals surface area contributed by atoms with E-state index in [1.165, 1.54) is 0 Å². The second-order valence-electron chi connectivity index (χ2n) is 1.37. The molecule has 0 spiro atoms. The molecule has 4 N–H and O–H groups in total. The summed E-state index contributed by atoms with van der Waals surface area (Å²) in [4.78, 5) is 0. The Kier molecular flexibility index (Phi) is 6.91. The van der Waals surface area contributed by atoms with Crippen molar-refractivity contribution >= 4 is 11.6 Å². The van der Waals surface area contributed by atoms with Crippen molar-refractivity contribution in [3.63, 3.8) is 0 Å². The van der Waals surface area contributed by atoms with Crippen molar-refractivity contribution in [1.29, 1.82) is 0 Å². The van der Waals surface area contributed by atoms with Crippen LogP contribution in [0.25, 0.3) is 0 Å². The van der Waals surface area contributed by atoms with Crippen molar-refractivity contribution in [3.05, 3.63) is 11.6 Å². The molecule has 0 heterocycles. The van der Waals surface area contributed by atoms with Crippen molar-refractivity contribution in [2.24, 2.45) is 0 Å². The van der Waals surface area contributed by atoms with Gasteiger partial charge in [-0.2, -0.15) is 0 Å². The van der Waals surface area contributed by atoms with Crippen LogP contribution in [0.3, 0.4) is 0 Å². The third-order valence-corrected chi connectivity index (χ3v) is 1.00. The third-order valence-electron chi connectivity index (χ3n) is 0.748. The first-order valence-electron chi connectivity index (χ1n) is 2.20. The molecule has 3 heteroatoms. The van der Waals surface area contributed by atoms with Crippen molar-refractivity contribution in [2.75, 3.05) is 0 Å². The molecule has 0 saturated heterocycles. The minimum absolute atomic E-state index is 0. The van der Waals surface area contributed by atoms with E-state index in [4.69, 9.17) is 16.7 Å². The summed E-state index contributed by atoms with van der Waals surface area (Å²) in [5, 5.41) is 9.03. The Balaban J connectivity index is 0. The molecule has 1 unspecified atom stereocenters. The maximum Gasteiger partial charge on any atom is 0.0887 e. The Morgan fingerprint density at radius 3 is 2.25 bits per heavy atom. The fourth-order valence-electron chi connectivity index (χ4n) is 0.221. The molecule has 8 heavy (non-hydrogen) atoms. The second-order valence-corrected chi connectivity index (χ2v) is 1.86. The summed E-state index contributed by atoms with van der Waals surface area (Å²) in [6.07, 6.45) is 0.115. The van der Waals surface area contributed by atoms with Gasteiger partial charge in [-0.15, -0.1) is 0 Å². The Hall–Kier alpha value is -0.0500. The van der Waals surface area contributed by atoms with E-state index in [0.717, 1.165) is 0 Å². The lowest BCUT2D eigenvalue weighted by atomic mass is 10.3. The molecule has 1 atom stereocenters. The summed E-state index contributed by atoms with van der Waals surface area (Å²) in [5.41, 5.74) is 0. The monoisotopic (exact) mass is 137 g/mol. The summed E-state index contributed by atoms with van der Waals surface area (Å²) in [6, 6.07) is 0. The van der Waals surface area contributed by atoms with Crippen LogP contribution < -0.4 is 6.15 Å². The first-order chi connectivity index (χ1) is 3.18. The highest BCUT2D eigenvalue weighted by Crippen LogP contribution is 2.06. The topological polar surface area (TPSA) is 55.2 Å². The van der Waals surface area contributed by atoms with E-state index >= 15 is 0 Å². The lowest BCUT2D eigenvalue weighted by Gasteiger charge is -2.00. The fraction of sp³-hybridized carbons (Fsp3) is 0.600. The highest BCUT2D eigenvalue weighted by molar-refractivity contribution is 6.29. The van der Waals surface area contributed by atoms with Crippen LogP contribution in [-0.4, -0.2) is 11.2 Å². The zero-order valence-electron chi connectivity index (χ0n) is 5.02. The van der Waals surface area contributed by atoms with Crippen LogP contribution >= 0.6 is 11.6 Å². The molecular formula is C5H12ClNO.